The van der Waals surface area contributed by atoms with Crippen molar-refractivity contribution in [2.24, 2.45) is 0 Å². The van der Waals surface area contributed by atoms with E-state index in [0.717, 1.165) is 0 Å². The molecule has 0 fully saturated rings. The van der Waals surface area contributed by atoms with E-state index in [1.54, 1.807) is 0 Å². The Balaban J connectivity index is 4.53. The monoisotopic (exact) mass is 136 g/mol. The van der Waals surface area contributed by atoms with Crippen LogP contribution in [0.4, 0.5) is 0 Å². The van der Waals surface area contributed by atoms with Gasteiger partial charge in [-0.1, -0.05) is 0 Å². The summed E-state index contributed by atoms with van der Waals surface area (Å²) in [6.45, 7) is 4.49. The molecule has 0 amide bonds. The van der Waals surface area contributed by atoms with Gasteiger partial charge in [0.25, 0.3) is 0 Å². The van der Waals surface area contributed by atoms with Gasteiger partial charge in [0, 0.05) is 0 Å². The fourth-order valence-corrected chi connectivity index (χ4v) is 0. The van der Waals surface area contributed by atoms with E-state index >= 15 is 0 Å². The van der Waals surface area contributed by atoms with Gasteiger partial charge in [-0.2, -0.15) is 0 Å². The topological polar surface area (TPSA) is 57.9 Å². The molecule has 0 aromatic heterocycles. The second-order valence-electron chi connectivity index (χ2n) is 2.62. The second kappa shape index (κ2) is 1.70. The second-order valence-corrected chi connectivity index (χ2v) is 4.85. The molecule has 4 heteroatoms. The molecule has 0 unspecified atom stereocenters. The fraction of sp³-hybridized carbons (Fsp3) is 1.00. The molecule has 0 aromatic rings. The van der Waals surface area contributed by atoms with Crippen molar-refractivity contribution in [3.63, 3.8) is 0 Å². The van der Waals surface area contributed by atoms with Crippen molar-refractivity contribution in [3.8, 4) is 0 Å². The van der Waals surface area contributed by atoms with Gasteiger partial charge in [-0.3, -0.25) is 0 Å². The van der Waals surface area contributed by atoms with E-state index in [9.17, 15) is 8.42 Å². The summed E-state index contributed by atoms with van der Waals surface area (Å²) in [4.78, 5) is 0. The quantitative estimate of drug-likeness (QED) is 0.484. The van der Waals surface area contributed by atoms with E-state index in [1.165, 1.54) is 20.8 Å². The molecule has 0 aromatic carbocycles. The van der Waals surface area contributed by atoms with Crippen LogP contribution in [0.2, 0.25) is 0 Å². The molecule has 0 heterocycles. The van der Waals surface area contributed by atoms with Gasteiger partial charge in [0.1, 0.15) is 0 Å². The van der Waals surface area contributed by atoms with Crippen LogP contribution in [0.3, 0.4) is 0 Å². The Morgan fingerprint density at radius 1 is 1.25 bits per heavy atom. The van der Waals surface area contributed by atoms with E-state index in [-0.39, 0.29) is 0 Å². The van der Waals surface area contributed by atoms with Crippen molar-refractivity contribution in [2.45, 2.75) is 25.5 Å². The Labute approximate surface area is 49.9 Å². The Kier molecular flexibility index (Phi) is 1.68. The highest BCUT2D eigenvalue weighted by Crippen LogP contribution is 2.10. The highest BCUT2D eigenvalue weighted by atomic mass is 32.2. The van der Waals surface area contributed by atoms with Gasteiger partial charge < -0.3 is 0 Å². The molecule has 0 aliphatic heterocycles. The molecule has 8 heavy (non-hydrogen) atoms. The molecule has 0 rings (SSSR count). The highest BCUT2D eigenvalue weighted by Gasteiger charge is 2.24. The SMILES string of the molecule is CC(C)(C)S([NH])(=O)=O. The zero-order chi connectivity index (χ0) is 7.00. The van der Waals surface area contributed by atoms with Crippen LogP contribution < -0.4 is 5.14 Å². The van der Waals surface area contributed by atoms with E-state index in [4.69, 9.17) is 5.14 Å². The smallest absolute Gasteiger partial charge is 0.211 e. The lowest BCUT2D eigenvalue weighted by Gasteiger charge is -2.12. The summed E-state index contributed by atoms with van der Waals surface area (Å²) in [5.74, 6) is 0. The molecular weight excluding hydrogens is 126 g/mol. The molecule has 0 bridgehead atoms. The molecule has 0 atom stereocenters. The zero-order valence-electron chi connectivity index (χ0n) is 5.22. The minimum atomic E-state index is -3.59. The van der Waals surface area contributed by atoms with Gasteiger partial charge in [0.2, 0.25) is 10.0 Å². The van der Waals surface area contributed by atoms with E-state index in [0.29, 0.717) is 0 Å². The summed E-state index contributed by atoms with van der Waals surface area (Å²) in [7, 11) is -3.59. The maximum Gasteiger partial charge on any atom is 0.230 e. The maximum atomic E-state index is 10.3. The molecule has 49 valence electrons. The van der Waals surface area contributed by atoms with Crippen molar-refractivity contribution < 1.29 is 8.42 Å². The highest BCUT2D eigenvalue weighted by molar-refractivity contribution is 7.90. The molecule has 1 radical (unpaired) electrons. The summed E-state index contributed by atoms with van der Waals surface area (Å²) < 4.78 is 19.7. The zero-order valence-corrected chi connectivity index (χ0v) is 6.04. The molecular formula is C4H10NO2S. The van der Waals surface area contributed by atoms with E-state index < -0.39 is 14.8 Å². The summed E-state index contributed by atoms with van der Waals surface area (Å²) in [5.41, 5.74) is 0. The van der Waals surface area contributed by atoms with E-state index in [1.807, 2.05) is 0 Å². The van der Waals surface area contributed by atoms with Crippen molar-refractivity contribution in [1.29, 1.82) is 0 Å². The van der Waals surface area contributed by atoms with Crippen LogP contribution in [0.1, 0.15) is 20.8 Å². The Morgan fingerprint density at radius 2 is 1.38 bits per heavy atom. The Hall–Kier alpha value is -0.0900. The fourth-order valence-electron chi connectivity index (χ4n) is 0. The normalized spacial score (nSPS) is 14.0. The third-order valence-electron chi connectivity index (χ3n) is 0.806. The number of rotatable bonds is 0. The van der Waals surface area contributed by atoms with Gasteiger partial charge in [-0.25, -0.2) is 8.42 Å². The first-order chi connectivity index (χ1) is 3.25. The molecule has 0 aliphatic rings. The third-order valence-corrected chi connectivity index (χ3v) is 2.42. The lowest BCUT2D eigenvalue weighted by atomic mass is 10.3. The summed E-state index contributed by atoms with van der Waals surface area (Å²) >= 11 is 0. The van der Waals surface area contributed by atoms with Crippen molar-refractivity contribution in [1.82, 2.24) is 5.14 Å². The first kappa shape index (κ1) is 7.91. The van der Waals surface area contributed by atoms with Gasteiger partial charge >= 0.3 is 0 Å². The molecule has 0 saturated carbocycles. The maximum absolute atomic E-state index is 10.3. The van der Waals surface area contributed by atoms with Crippen LogP contribution in [0.5, 0.6) is 0 Å². The van der Waals surface area contributed by atoms with Crippen molar-refractivity contribution in [2.75, 3.05) is 0 Å². The van der Waals surface area contributed by atoms with Crippen LogP contribution >= 0.6 is 0 Å². The molecule has 3 nitrogen and oxygen atoms in total. The van der Waals surface area contributed by atoms with Crippen molar-refractivity contribution >= 4 is 10.0 Å². The standard InChI is InChI=1S/C4H10NO2S/c1-4(2,3)8(5,6)7/h5H,1-3H3. The Bertz CT molecular complexity index is 163. The molecule has 0 spiro atoms. The number of hydrogen-bond acceptors (Lipinski definition) is 2. The van der Waals surface area contributed by atoms with Crippen LogP contribution in [0, 0.1) is 0 Å². The molecule has 1 N–H and O–H groups in total. The van der Waals surface area contributed by atoms with Gasteiger partial charge in [0.15, 0.2) is 0 Å². The molecule has 0 aliphatic carbocycles. The van der Waals surface area contributed by atoms with Crippen LogP contribution in [0.25, 0.3) is 0 Å². The van der Waals surface area contributed by atoms with Gasteiger partial charge in [0.05, 0.1) is 4.75 Å². The third kappa shape index (κ3) is 1.79. The minimum Gasteiger partial charge on any atom is -0.211 e. The predicted molar refractivity (Wildman–Crippen MR) is 31.8 cm³/mol. The minimum absolute atomic E-state index is 0.924. The van der Waals surface area contributed by atoms with Crippen LogP contribution in [-0.2, 0) is 10.0 Å². The Morgan fingerprint density at radius 3 is 1.38 bits per heavy atom. The van der Waals surface area contributed by atoms with Gasteiger partial charge in [-0.15, -0.1) is 5.14 Å². The largest absolute Gasteiger partial charge is 0.230 e. The van der Waals surface area contributed by atoms with Crippen LogP contribution in [0.15, 0.2) is 0 Å². The number of nitrogens with one attached hydrogen (secondary N) is 1. The average Bonchev–Trinajstić information content (AvgIpc) is 1.25. The van der Waals surface area contributed by atoms with Crippen molar-refractivity contribution in [3.05, 3.63) is 0 Å². The van der Waals surface area contributed by atoms with Gasteiger partial charge in [-0.05, 0) is 20.8 Å². The average molecular weight is 136 g/mol. The predicted octanol–water partition coefficient (Wildman–Crippen LogP) is 0.398. The lowest BCUT2D eigenvalue weighted by Crippen LogP contribution is -2.28. The first-order valence-corrected chi connectivity index (χ1v) is 3.72. The summed E-state index contributed by atoms with van der Waals surface area (Å²) in [6.07, 6.45) is 0. The summed E-state index contributed by atoms with van der Waals surface area (Å²) in [6, 6.07) is 0. The van der Waals surface area contributed by atoms with E-state index in [2.05, 4.69) is 0 Å². The number of sulfonamides is 1. The summed E-state index contributed by atoms with van der Waals surface area (Å²) in [5, 5.41) is 6.56. The lowest BCUT2D eigenvalue weighted by molar-refractivity contribution is 0.560. The first-order valence-electron chi connectivity index (χ1n) is 2.24. The number of hydrogen-bond donors (Lipinski definition) is 0. The van der Waals surface area contributed by atoms with Crippen LogP contribution in [-0.4, -0.2) is 13.2 Å². The molecule has 0 saturated heterocycles.